The van der Waals surface area contributed by atoms with E-state index in [0.29, 0.717) is 11.6 Å². The van der Waals surface area contributed by atoms with E-state index in [0.717, 1.165) is 52.3 Å². The van der Waals surface area contributed by atoms with E-state index in [1.54, 1.807) is 6.33 Å². The number of anilines is 2. The van der Waals surface area contributed by atoms with Gasteiger partial charge in [-0.15, -0.1) is 0 Å². The molecule has 0 radical (unpaired) electrons. The summed E-state index contributed by atoms with van der Waals surface area (Å²) in [5.74, 6) is 0.695. The number of carbonyl (C=O) groups is 1. The van der Waals surface area contributed by atoms with E-state index in [1.807, 2.05) is 43.3 Å². The Morgan fingerprint density at radius 1 is 1.03 bits per heavy atom. The van der Waals surface area contributed by atoms with E-state index in [4.69, 9.17) is 0 Å². The fourth-order valence-corrected chi connectivity index (χ4v) is 3.66. The summed E-state index contributed by atoms with van der Waals surface area (Å²) in [6.07, 6.45) is 3.71. The van der Waals surface area contributed by atoms with Crippen LogP contribution in [0.15, 0.2) is 60.9 Å². The minimum atomic E-state index is -0.0283. The second-order valence-electron chi connectivity index (χ2n) is 7.82. The number of fused-ring (bicyclic) bond motifs is 1. The Kier molecular flexibility index (Phi) is 4.47. The average molecular weight is 397 g/mol. The second kappa shape index (κ2) is 7.30. The summed E-state index contributed by atoms with van der Waals surface area (Å²) in [5, 5.41) is 7.41. The van der Waals surface area contributed by atoms with Gasteiger partial charge in [-0.2, -0.15) is 0 Å². The first kappa shape index (κ1) is 18.4. The Morgan fingerprint density at radius 3 is 2.60 bits per heavy atom. The maximum atomic E-state index is 12.5. The zero-order chi connectivity index (χ0) is 20.7. The number of aromatic nitrogens is 3. The van der Waals surface area contributed by atoms with Crippen LogP contribution in [-0.4, -0.2) is 26.5 Å². The van der Waals surface area contributed by atoms with Gasteiger partial charge in [-0.05, 0) is 62.6 Å². The van der Waals surface area contributed by atoms with Crippen LogP contribution < -0.4 is 10.6 Å². The topological polar surface area (TPSA) is 71.8 Å². The third-order valence-corrected chi connectivity index (χ3v) is 5.46. The second-order valence-corrected chi connectivity index (χ2v) is 7.82. The molecule has 1 saturated carbocycles. The van der Waals surface area contributed by atoms with Crippen molar-refractivity contribution < 1.29 is 4.79 Å². The van der Waals surface area contributed by atoms with E-state index < -0.39 is 0 Å². The zero-order valence-electron chi connectivity index (χ0n) is 17.0. The molecule has 0 unspecified atom stereocenters. The molecule has 1 fully saturated rings. The van der Waals surface area contributed by atoms with Crippen molar-refractivity contribution >= 4 is 28.4 Å². The molecule has 0 spiro atoms. The summed E-state index contributed by atoms with van der Waals surface area (Å²) in [6.45, 7) is 4.08. The summed E-state index contributed by atoms with van der Waals surface area (Å²) in [5.41, 5.74) is 5.54. The molecule has 0 aliphatic heterocycles. The van der Waals surface area contributed by atoms with Crippen LogP contribution in [0.1, 0.15) is 34.5 Å². The monoisotopic (exact) mass is 397 g/mol. The molecule has 1 amide bonds. The van der Waals surface area contributed by atoms with E-state index in [9.17, 15) is 4.79 Å². The first-order valence-electron chi connectivity index (χ1n) is 10.2. The van der Waals surface area contributed by atoms with Crippen LogP contribution in [0, 0.1) is 13.8 Å². The summed E-state index contributed by atoms with van der Waals surface area (Å²) in [7, 11) is 0. The standard InChI is InChI=1S/C24H23N5O/c1-15-8-9-17(24(30)27-18-10-11-18)13-21(15)28-22-20-12-16(2)29(23(20)26-14-25-22)19-6-4-3-5-7-19/h3-9,12-14,18H,10-11H2,1-2H3,(H,27,30)(H,25,26,28). The molecule has 0 atom stereocenters. The first-order chi connectivity index (χ1) is 14.6. The predicted octanol–water partition coefficient (Wildman–Crippen LogP) is 4.67. The number of nitrogens with zero attached hydrogens (tertiary/aromatic N) is 3. The normalized spacial score (nSPS) is 13.4. The van der Waals surface area contributed by atoms with E-state index >= 15 is 0 Å². The van der Waals surface area contributed by atoms with Crippen molar-refractivity contribution in [2.75, 3.05) is 5.32 Å². The van der Waals surface area contributed by atoms with E-state index in [2.05, 4.69) is 50.3 Å². The van der Waals surface area contributed by atoms with Crippen molar-refractivity contribution in [1.82, 2.24) is 19.9 Å². The Morgan fingerprint density at radius 2 is 1.83 bits per heavy atom. The van der Waals surface area contributed by atoms with Gasteiger partial charge in [-0.3, -0.25) is 9.36 Å². The van der Waals surface area contributed by atoms with Gasteiger partial charge in [0.2, 0.25) is 0 Å². The number of hydrogen-bond acceptors (Lipinski definition) is 4. The molecule has 0 bridgehead atoms. The van der Waals surface area contributed by atoms with Crippen LogP contribution in [0.4, 0.5) is 11.5 Å². The summed E-state index contributed by atoms with van der Waals surface area (Å²) >= 11 is 0. The number of rotatable bonds is 5. The van der Waals surface area contributed by atoms with Crippen LogP contribution in [0.5, 0.6) is 0 Å². The molecular weight excluding hydrogens is 374 g/mol. The zero-order valence-corrected chi connectivity index (χ0v) is 17.0. The average Bonchev–Trinajstić information content (AvgIpc) is 3.49. The van der Waals surface area contributed by atoms with Gasteiger partial charge in [-0.1, -0.05) is 24.3 Å². The highest BCUT2D eigenvalue weighted by Gasteiger charge is 2.24. The fourth-order valence-electron chi connectivity index (χ4n) is 3.66. The van der Waals surface area contributed by atoms with Crippen LogP contribution in [0.2, 0.25) is 0 Å². The van der Waals surface area contributed by atoms with Crippen LogP contribution >= 0.6 is 0 Å². The molecule has 1 aliphatic rings. The van der Waals surface area contributed by atoms with Gasteiger partial charge < -0.3 is 10.6 Å². The number of para-hydroxylation sites is 1. The van der Waals surface area contributed by atoms with E-state index in [1.165, 1.54) is 0 Å². The predicted molar refractivity (Wildman–Crippen MR) is 119 cm³/mol. The van der Waals surface area contributed by atoms with Crippen LogP contribution in [-0.2, 0) is 0 Å². The van der Waals surface area contributed by atoms with Gasteiger partial charge in [0.25, 0.3) is 5.91 Å². The van der Waals surface area contributed by atoms with Crippen LogP contribution in [0.3, 0.4) is 0 Å². The van der Waals surface area contributed by atoms with Crippen molar-refractivity contribution in [3.8, 4) is 5.69 Å². The molecule has 0 saturated heterocycles. The van der Waals surface area contributed by atoms with Crippen molar-refractivity contribution in [2.45, 2.75) is 32.7 Å². The molecule has 30 heavy (non-hydrogen) atoms. The number of benzene rings is 2. The minimum Gasteiger partial charge on any atom is -0.349 e. The van der Waals surface area contributed by atoms with Crippen molar-refractivity contribution in [3.63, 3.8) is 0 Å². The Bertz CT molecular complexity index is 1240. The number of amides is 1. The first-order valence-corrected chi connectivity index (χ1v) is 10.2. The van der Waals surface area contributed by atoms with Gasteiger partial charge in [0, 0.05) is 28.7 Å². The lowest BCUT2D eigenvalue weighted by molar-refractivity contribution is 0.0951. The molecule has 1 aliphatic carbocycles. The molecule has 4 aromatic rings. The molecule has 150 valence electrons. The van der Waals surface area contributed by atoms with Gasteiger partial charge in [-0.25, -0.2) is 9.97 Å². The highest BCUT2D eigenvalue weighted by atomic mass is 16.1. The van der Waals surface area contributed by atoms with Crippen molar-refractivity contribution in [2.24, 2.45) is 0 Å². The molecule has 2 heterocycles. The lowest BCUT2D eigenvalue weighted by Crippen LogP contribution is -2.25. The summed E-state index contributed by atoms with van der Waals surface area (Å²) < 4.78 is 2.12. The fraction of sp³-hybridized carbons (Fsp3) is 0.208. The highest BCUT2D eigenvalue weighted by molar-refractivity contribution is 5.97. The summed E-state index contributed by atoms with van der Waals surface area (Å²) in [4.78, 5) is 21.5. The van der Waals surface area contributed by atoms with Gasteiger partial charge in [0.15, 0.2) is 0 Å². The van der Waals surface area contributed by atoms with Gasteiger partial charge >= 0.3 is 0 Å². The summed E-state index contributed by atoms with van der Waals surface area (Å²) in [6, 6.07) is 18.3. The molecule has 2 aromatic heterocycles. The van der Waals surface area contributed by atoms with Gasteiger partial charge in [0.1, 0.15) is 17.8 Å². The number of aryl methyl sites for hydroxylation is 2. The third-order valence-electron chi connectivity index (χ3n) is 5.46. The molecular formula is C24H23N5O. The quantitative estimate of drug-likeness (QED) is 0.513. The molecule has 2 aromatic carbocycles. The lowest BCUT2D eigenvalue weighted by atomic mass is 10.1. The smallest absolute Gasteiger partial charge is 0.251 e. The van der Waals surface area contributed by atoms with Gasteiger partial charge in [0.05, 0.1) is 5.39 Å². The largest absolute Gasteiger partial charge is 0.349 e. The molecule has 6 nitrogen and oxygen atoms in total. The minimum absolute atomic E-state index is 0.0283. The van der Waals surface area contributed by atoms with E-state index in [-0.39, 0.29) is 5.91 Å². The highest BCUT2D eigenvalue weighted by Crippen LogP contribution is 2.30. The lowest BCUT2D eigenvalue weighted by Gasteiger charge is -2.12. The van der Waals surface area contributed by atoms with Crippen molar-refractivity contribution in [1.29, 1.82) is 0 Å². The number of carbonyl (C=O) groups excluding carboxylic acids is 1. The SMILES string of the molecule is Cc1ccc(C(=O)NC2CC2)cc1Nc1ncnc2c1cc(C)n2-c1ccccc1. The maximum Gasteiger partial charge on any atom is 0.251 e. The Balaban J connectivity index is 1.52. The molecule has 6 heteroatoms. The molecule has 5 rings (SSSR count). The molecule has 2 N–H and O–H groups in total. The van der Waals surface area contributed by atoms with Crippen LogP contribution in [0.25, 0.3) is 16.7 Å². The third kappa shape index (κ3) is 3.41. The van der Waals surface area contributed by atoms with Crippen molar-refractivity contribution in [3.05, 3.63) is 77.7 Å². The maximum absolute atomic E-state index is 12.5. The Hall–Kier alpha value is -3.67. The number of nitrogens with one attached hydrogen (secondary N) is 2. The number of hydrogen-bond donors (Lipinski definition) is 2. The Labute approximate surface area is 175 Å².